The quantitative estimate of drug-likeness (QED) is 0.797. The van der Waals surface area contributed by atoms with Gasteiger partial charge in [0, 0.05) is 6.54 Å². The summed E-state index contributed by atoms with van der Waals surface area (Å²) in [5, 5.41) is 0.707. The molecule has 0 aliphatic carbocycles. The highest BCUT2D eigenvalue weighted by molar-refractivity contribution is 7.92. The van der Waals surface area contributed by atoms with Crippen LogP contribution in [0.1, 0.15) is 20.8 Å². The number of nitrogens with one attached hydrogen (secondary N) is 1. The van der Waals surface area contributed by atoms with Crippen molar-refractivity contribution in [1.82, 2.24) is 5.32 Å². The Hall–Kier alpha value is -0.300. The molecule has 1 atom stereocenters. The zero-order chi connectivity index (χ0) is 12.3. The van der Waals surface area contributed by atoms with Crippen LogP contribution in [0.25, 0.3) is 0 Å². The lowest BCUT2D eigenvalue weighted by molar-refractivity contribution is -0.124. The number of hydrogen-bond acceptors (Lipinski definition) is 3. The fourth-order valence-corrected chi connectivity index (χ4v) is 2.28. The van der Waals surface area contributed by atoms with Gasteiger partial charge in [-0.1, -0.05) is 0 Å². The van der Waals surface area contributed by atoms with Crippen molar-refractivity contribution in [2.45, 2.75) is 37.4 Å². The van der Waals surface area contributed by atoms with Gasteiger partial charge in [-0.25, -0.2) is 8.42 Å². The molecule has 1 N–H and O–H groups in total. The van der Waals surface area contributed by atoms with Gasteiger partial charge in [-0.3, -0.25) is 0 Å². The molecule has 0 bridgehead atoms. The molecule has 0 aromatic heterocycles. The van der Waals surface area contributed by atoms with E-state index in [1.807, 2.05) is 0 Å². The average Bonchev–Trinajstić information content (AvgIpc) is 2.01. The van der Waals surface area contributed by atoms with Crippen molar-refractivity contribution in [1.29, 1.82) is 0 Å². The summed E-state index contributed by atoms with van der Waals surface area (Å²) in [4.78, 5) is 0. The first-order chi connectivity index (χ1) is 6.57. The van der Waals surface area contributed by atoms with E-state index < -0.39 is 33.1 Å². The lowest BCUT2D eigenvalue weighted by atomic mass is 10.4. The Morgan fingerprint density at radius 3 is 2.00 bits per heavy atom. The van der Waals surface area contributed by atoms with Crippen LogP contribution < -0.4 is 5.32 Å². The van der Waals surface area contributed by atoms with Crippen molar-refractivity contribution in [2.24, 2.45) is 0 Å². The van der Waals surface area contributed by atoms with Gasteiger partial charge >= 0.3 is 6.18 Å². The van der Waals surface area contributed by atoms with E-state index in [1.165, 1.54) is 20.8 Å². The minimum absolute atomic E-state index is 0.181. The summed E-state index contributed by atoms with van der Waals surface area (Å²) in [5.74, 6) is 0. The molecule has 0 saturated carbocycles. The van der Waals surface area contributed by atoms with Gasteiger partial charge in [0.05, 0.1) is 17.0 Å². The molecule has 0 aliphatic heterocycles. The van der Waals surface area contributed by atoms with Crippen LogP contribution in [0.2, 0.25) is 0 Å². The third-order valence-corrected chi connectivity index (χ3v) is 4.58. The van der Waals surface area contributed by atoms with Gasteiger partial charge in [-0.2, -0.15) is 13.2 Å². The third kappa shape index (κ3) is 5.36. The molecular formula is C8H16F3NO2S. The molecule has 0 spiro atoms. The molecule has 0 aromatic carbocycles. The van der Waals surface area contributed by atoms with E-state index in [9.17, 15) is 21.6 Å². The van der Waals surface area contributed by atoms with Gasteiger partial charge in [0.15, 0.2) is 9.84 Å². The fraction of sp³-hybridized carbons (Fsp3) is 1.00. The minimum atomic E-state index is -4.30. The van der Waals surface area contributed by atoms with E-state index in [0.29, 0.717) is 0 Å². The molecule has 3 nitrogen and oxygen atoms in total. The molecule has 0 aliphatic rings. The first-order valence-electron chi connectivity index (χ1n) is 4.57. The Morgan fingerprint density at radius 1 is 1.20 bits per heavy atom. The number of halogens is 3. The minimum Gasteiger partial charge on any atom is -0.307 e. The van der Waals surface area contributed by atoms with Gasteiger partial charge < -0.3 is 5.32 Å². The van der Waals surface area contributed by atoms with Crippen LogP contribution in [-0.4, -0.2) is 38.2 Å². The molecule has 0 fully saturated rings. The Labute approximate surface area is 88.0 Å². The van der Waals surface area contributed by atoms with Gasteiger partial charge in [0.2, 0.25) is 0 Å². The Morgan fingerprint density at radius 2 is 1.67 bits per heavy atom. The van der Waals surface area contributed by atoms with Crippen LogP contribution in [-0.2, 0) is 9.84 Å². The molecule has 1 unspecified atom stereocenters. The Bertz CT molecular complexity index is 285. The molecule has 0 aromatic rings. The van der Waals surface area contributed by atoms with Gasteiger partial charge in [0.25, 0.3) is 0 Å². The summed E-state index contributed by atoms with van der Waals surface area (Å²) in [5.41, 5.74) is 0. The summed E-state index contributed by atoms with van der Waals surface area (Å²) in [6.45, 7) is 3.08. The molecule has 0 heterocycles. The summed E-state index contributed by atoms with van der Waals surface area (Å²) in [6, 6.07) is 0. The van der Waals surface area contributed by atoms with Crippen LogP contribution in [0, 0.1) is 0 Å². The van der Waals surface area contributed by atoms with Crippen molar-refractivity contribution < 1.29 is 21.6 Å². The van der Waals surface area contributed by atoms with Crippen LogP contribution in [0.4, 0.5) is 13.2 Å². The second kappa shape index (κ2) is 5.16. The molecule has 0 amide bonds. The molecule has 0 rings (SSSR count). The maximum absolute atomic E-state index is 11.7. The summed E-state index contributed by atoms with van der Waals surface area (Å²) >= 11 is 0. The van der Waals surface area contributed by atoms with Crippen molar-refractivity contribution in [3.8, 4) is 0 Å². The molecule has 0 radical (unpaired) electrons. The third-order valence-electron chi connectivity index (χ3n) is 1.98. The SMILES string of the molecule is CC(C)S(=O)(=O)C(C)CNCC(F)(F)F. The monoisotopic (exact) mass is 247 g/mol. The molecule has 7 heteroatoms. The highest BCUT2D eigenvalue weighted by Crippen LogP contribution is 2.13. The number of alkyl halides is 3. The molecule has 0 saturated heterocycles. The van der Waals surface area contributed by atoms with Gasteiger partial charge in [-0.05, 0) is 20.8 Å². The standard InChI is InChI=1S/C8H16F3NO2S/c1-6(2)15(13,14)7(3)4-12-5-8(9,10)11/h6-7,12H,4-5H2,1-3H3. The fourth-order valence-electron chi connectivity index (χ4n) is 0.998. The van der Waals surface area contributed by atoms with Crippen molar-refractivity contribution in [2.75, 3.05) is 13.1 Å². The van der Waals surface area contributed by atoms with Crippen LogP contribution in [0.3, 0.4) is 0 Å². The maximum atomic E-state index is 11.7. The Balaban J connectivity index is 4.12. The number of hydrogen-bond donors (Lipinski definition) is 1. The first kappa shape index (κ1) is 14.7. The highest BCUT2D eigenvalue weighted by atomic mass is 32.2. The van der Waals surface area contributed by atoms with E-state index in [2.05, 4.69) is 5.32 Å². The van der Waals surface area contributed by atoms with E-state index in [-0.39, 0.29) is 6.54 Å². The molecule has 92 valence electrons. The highest BCUT2D eigenvalue weighted by Gasteiger charge is 2.29. The molecular weight excluding hydrogens is 231 g/mol. The topological polar surface area (TPSA) is 46.2 Å². The van der Waals surface area contributed by atoms with Crippen molar-refractivity contribution in [3.05, 3.63) is 0 Å². The van der Waals surface area contributed by atoms with Crippen molar-refractivity contribution in [3.63, 3.8) is 0 Å². The second-order valence-corrected chi connectivity index (χ2v) is 6.62. The smallest absolute Gasteiger partial charge is 0.307 e. The van der Waals surface area contributed by atoms with Crippen molar-refractivity contribution >= 4 is 9.84 Å². The van der Waals surface area contributed by atoms with E-state index in [0.717, 1.165) is 0 Å². The normalized spacial score (nSPS) is 15.7. The van der Waals surface area contributed by atoms with Crippen LogP contribution >= 0.6 is 0 Å². The van der Waals surface area contributed by atoms with Gasteiger partial charge in [-0.15, -0.1) is 0 Å². The number of sulfone groups is 1. The predicted molar refractivity (Wildman–Crippen MR) is 52.4 cm³/mol. The molecule has 15 heavy (non-hydrogen) atoms. The first-order valence-corrected chi connectivity index (χ1v) is 6.18. The van der Waals surface area contributed by atoms with E-state index >= 15 is 0 Å². The van der Waals surface area contributed by atoms with Gasteiger partial charge in [0.1, 0.15) is 0 Å². The van der Waals surface area contributed by atoms with Crippen LogP contribution in [0.5, 0.6) is 0 Å². The van der Waals surface area contributed by atoms with E-state index in [4.69, 9.17) is 0 Å². The lowest BCUT2D eigenvalue weighted by Gasteiger charge is -2.16. The summed E-state index contributed by atoms with van der Waals surface area (Å²) < 4.78 is 58.2. The zero-order valence-electron chi connectivity index (χ0n) is 8.93. The predicted octanol–water partition coefficient (Wildman–Crippen LogP) is 1.35. The summed E-state index contributed by atoms with van der Waals surface area (Å²) in [6.07, 6.45) is -4.30. The van der Waals surface area contributed by atoms with E-state index in [1.54, 1.807) is 0 Å². The zero-order valence-corrected chi connectivity index (χ0v) is 9.74. The number of rotatable bonds is 5. The summed E-state index contributed by atoms with van der Waals surface area (Å²) in [7, 11) is -3.32. The Kier molecular flexibility index (Phi) is 5.05. The largest absolute Gasteiger partial charge is 0.401 e. The second-order valence-electron chi connectivity index (χ2n) is 3.69. The average molecular weight is 247 g/mol. The lowest BCUT2D eigenvalue weighted by Crippen LogP contribution is -2.38. The maximum Gasteiger partial charge on any atom is 0.401 e. The van der Waals surface area contributed by atoms with Crippen LogP contribution in [0.15, 0.2) is 0 Å².